The molecule has 0 radical (unpaired) electrons. The first kappa shape index (κ1) is 50.2. The van der Waals surface area contributed by atoms with Gasteiger partial charge in [-0.1, -0.05) is 152 Å². The lowest BCUT2D eigenvalue weighted by molar-refractivity contribution is 0.334. The normalized spacial score (nSPS) is 21.6. The third-order valence-corrected chi connectivity index (χ3v) is 21.0. The average Bonchev–Trinajstić information content (AvgIpc) is 4.24. The van der Waals surface area contributed by atoms with E-state index in [1.807, 2.05) is 0 Å². The summed E-state index contributed by atoms with van der Waals surface area (Å²) >= 11 is 0. The fraction of sp³-hybridized carbons (Fsp3) is 0.556. The zero-order valence-corrected chi connectivity index (χ0v) is 50.8. The molecule has 0 fully saturated rings. The molecule has 5 aromatic carbocycles. The lowest BCUT2D eigenvalue weighted by Crippen LogP contribution is -2.35. The van der Waals surface area contributed by atoms with E-state index in [1.54, 1.807) is 0 Å². The highest BCUT2D eigenvalue weighted by molar-refractivity contribution is 6.33. The summed E-state index contributed by atoms with van der Waals surface area (Å²) < 4.78 is 5.53. The second kappa shape index (κ2) is 14.1. The highest BCUT2D eigenvalue weighted by atomic mass is 15.0. The summed E-state index contributed by atoms with van der Waals surface area (Å²) in [6.45, 7) is 54.2. The SMILES string of the molecule is CC(C)(C)Cc1c2c3cc4c(c5c6c7c(c(C#N)cc6n(c2c(CC(C)(C)C)c2c6cc8c(c9c%10c%11c(c(C#N)cc%10n(c12)c69)C(C)(C)CCC%11(C)C)C(C)(C)CC8(C)C)c35)C(C)(C)CCC7(C)C)C(C)(C)CC4(C)C. The predicted molar refractivity (Wildman–Crippen MR) is 323 cm³/mol. The largest absolute Gasteiger partial charge is 0.308 e. The number of fused-ring (bicyclic) bond motifs is 20. The zero-order valence-electron chi connectivity index (χ0n) is 50.8. The Kier molecular flexibility index (Phi) is 9.31. The van der Waals surface area contributed by atoms with E-state index in [4.69, 9.17) is 0 Å². The van der Waals surface area contributed by atoms with Gasteiger partial charge in [-0.15, -0.1) is 0 Å². The Bertz CT molecular complexity index is 3970. The van der Waals surface area contributed by atoms with Gasteiger partial charge in [0.15, 0.2) is 0 Å². The highest BCUT2D eigenvalue weighted by Crippen LogP contribution is 2.63. The number of hydrogen-bond donors (Lipinski definition) is 0. The van der Waals surface area contributed by atoms with Crippen LogP contribution in [-0.2, 0) is 56.2 Å². The Morgan fingerprint density at radius 3 is 1.00 bits per heavy atom. The van der Waals surface area contributed by atoms with Crippen molar-refractivity contribution in [2.24, 2.45) is 10.8 Å². The van der Waals surface area contributed by atoms with E-state index >= 15 is 0 Å². The van der Waals surface area contributed by atoms with Crippen LogP contribution in [0.2, 0.25) is 0 Å². The fourth-order valence-corrected chi connectivity index (χ4v) is 18.6. The van der Waals surface area contributed by atoms with Gasteiger partial charge in [-0.3, -0.25) is 0 Å². The molecule has 4 nitrogen and oxygen atoms in total. The lowest BCUT2D eigenvalue weighted by atomic mass is 9.61. The molecule has 4 aliphatic carbocycles. The minimum absolute atomic E-state index is 0.0517. The van der Waals surface area contributed by atoms with Crippen LogP contribution in [0.15, 0.2) is 24.3 Å². The first-order valence-electron chi connectivity index (χ1n) is 29.3. The summed E-state index contributed by atoms with van der Waals surface area (Å²) in [6, 6.07) is 15.9. The number of nitriles is 2. The van der Waals surface area contributed by atoms with Crippen molar-refractivity contribution >= 4 is 76.2 Å². The van der Waals surface area contributed by atoms with Crippen LogP contribution in [0.25, 0.3) is 76.2 Å². The predicted octanol–water partition coefficient (Wildman–Crippen LogP) is 19.5. The van der Waals surface area contributed by atoms with Gasteiger partial charge in [-0.25, -0.2) is 0 Å². The van der Waals surface area contributed by atoms with E-state index in [9.17, 15) is 10.5 Å². The number of nitrogens with zero attached hydrogens (tertiary/aromatic N) is 4. The molecular formula is C72H86N4. The third-order valence-electron chi connectivity index (χ3n) is 21.0. The van der Waals surface area contributed by atoms with Crippen LogP contribution in [0, 0.1) is 33.5 Å². The first-order valence-corrected chi connectivity index (χ1v) is 29.3. The first-order chi connectivity index (χ1) is 34.8. The zero-order chi connectivity index (χ0) is 55.1. The average molecular weight is 1010 g/mol. The maximum Gasteiger partial charge on any atom is 0.0995 e. The molecule has 0 atom stereocenters. The van der Waals surface area contributed by atoms with Gasteiger partial charge in [-0.2, -0.15) is 10.5 Å². The lowest BCUT2D eigenvalue weighted by Gasteiger charge is -2.43. The monoisotopic (exact) mass is 1010 g/mol. The van der Waals surface area contributed by atoms with Crippen molar-refractivity contribution in [1.82, 2.24) is 8.80 Å². The van der Waals surface area contributed by atoms with Crippen LogP contribution in [0.3, 0.4) is 0 Å². The van der Waals surface area contributed by atoms with Gasteiger partial charge in [0.2, 0.25) is 0 Å². The van der Waals surface area contributed by atoms with Gasteiger partial charge in [0, 0.05) is 43.1 Å². The van der Waals surface area contributed by atoms with Crippen LogP contribution in [0.4, 0.5) is 0 Å². The van der Waals surface area contributed by atoms with Crippen molar-refractivity contribution in [3.63, 3.8) is 0 Å². The van der Waals surface area contributed by atoms with Crippen molar-refractivity contribution in [3.8, 4) is 12.1 Å². The molecule has 0 unspecified atom stereocenters. The van der Waals surface area contributed by atoms with Crippen molar-refractivity contribution in [1.29, 1.82) is 10.5 Å². The minimum atomic E-state index is -0.138. The quantitative estimate of drug-likeness (QED) is 0.173. The second-order valence-electron chi connectivity index (χ2n) is 33.5. The van der Waals surface area contributed by atoms with Crippen LogP contribution in [0.5, 0.6) is 0 Å². The summed E-state index contributed by atoms with van der Waals surface area (Å²) in [4.78, 5) is 0. The minimum Gasteiger partial charge on any atom is -0.308 e. The number of benzene rings is 5. The van der Waals surface area contributed by atoms with Crippen molar-refractivity contribution in [3.05, 3.63) is 91.0 Å². The van der Waals surface area contributed by atoms with Crippen molar-refractivity contribution < 1.29 is 0 Å². The number of hydrogen-bond acceptors (Lipinski definition) is 2. The molecule has 0 saturated heterocycles. The smallest absolute Gasteiger partial charge is 0.0995 e. The molecule has 0 spiro atoms. The van der Waals surface area contributed by atoms with E-state index < -0.39 is 0 Å². The maximum atomic E-state index is 11.5. The van der Waals surface area contributed by atoms with Gasteiger partial charge in [0.05, 0.1) is 56.4 Å². The molecule has 76 heavy (non-hydrogen) atoms. The van der Waals surface area contributed by atoms with Gasteiger partial charge >= 0.3 is 0 Å². The molecule has 0 N–H and O–H groups in total. The van der Waals surface area contributed by atoms with Crippen LogP contribution in [-0.4, -0.2) is 8.80 Å². The molecule has 9 aromatic rings. The summed E-state index contributed by atoms with van der Waals surface area (Å²) in [5.74, 6) is 0. The molecule has 0 amide bonds. The second-order valence-corrected chi connectivity index (χ2v) is 33.5. The molecule has 0 saturated carbocycles. The summed E-state index contributed by atoms with van der Waals surface area (Å²) in [5, 5.41) is 34.2. The van der Waals surface area contributed by atoms with E-state index in [-0.39, 0.29) is 54.1 Å². The maximum absolute atomic E-state index is 11.5. The molecule has 4 aromatic heterocycles. The van der Waals surface area contributed by atoms with Gasteiger partial charge < -0.3 is 8.80 Å². The van der Waals surface area contributed by atoms with Gasteiger partial charge in [0.1, 0.15) is 0 Å². The topological polar surface area (TPSA) is 56.4 Å². The fourth-order valence-electron chi connectivity index (χ4n) is 18.6. The molecule has 4 heteroatoms. The standard InChI is InChI=1S/C72H86N4/c1-63(2,3)31-41-47-39-29-43-55(71(19,20)35-69(43,15)16)51-50-46(28-38(34-74)54-58(50)68(13,14)26-24-66(54,9)10)76(59(39)51)62(47)42(32-64(4,5)6)48-40-30-44-56(72(21,22)36-70(44,17)18)52-49-45(75(60(40)52)61(41)48)27-37(33-73)53-57(49)67(11,12)25-23-65(53,7)8/h27-30H,23-26,31-32,35-36H2,1-22H3. The van der Waals surface area contributed by atoms with E-state index in [0.29, 0.717) is 0 Å². The van der Waals surface area contributed by atoms with E-state index in [0.717, 1.165) is 62.5 Å². The number of aromatic nitrogens is 2. The Labute approximate surface area is 454 Å². The molecule has 13 rings (SSSR count). The Balaban J connectivity index is 1.42. The molecule has 0 aliphatic heterocycles. The molecular weight excluding hydrogens is 921 g/mol. The molecule has 4 heterocycles. The van der Waals surface area contributed by atoms with Crippen molar-refractivity contribution in [2.75, 3.05) is 0 Å². The molecule has 394 valence electrons. The van der Waals surface area contributed by atoms with Gasteiger partial charge in [-0.05, 0) is 185 Å². The Hall–Kier alpha value is -5.32. The summed E-state index contributed by atoms with van der Waals surface area (Å²) in [7, 11) is 0. The third kappa shape index (κ3) is 6.12. The van der Waals surface area contributed by atoms with E-state index in [1.165, 1.54) is 132 Å². The highest BCUT2D eigenvalue weighted by Gasteiger charge is 2.50. The van der Waals surface area contributed by atoms with Crippen LogP contribution in [0.1, 0.15) is 258 Å². The van der Waals surface area contributed by atoms with Crippen LogP contribution < -0.4 is 0 Å². The summed E-state index contributed by atoms with van der Waals surface area (Å²) in [5.41, 5.74) is 22.8. The Morgan fingerprint density at radius 2 is 0.697 bits per heavy atom. The Morgan fingerprint density at radius 1 is 0.382 bits per heavy atom. The number of rotatable bonds is 2. The van der Waals surface area contributed by atoms with Gasteiger partial charge in [0.25, 0.3) is 0 Å². The molecule has 0 bridgehead atoms. The van der Waals surface area contributed by atoms with Crippen molar-refractivity contribution in [2.45, 2.75) is 247 Å². The van der Waals surface area contributed by atoms with Crippen LogP contribution >= 0.6 is 0 Å². The molecule has 4 aliphatic rings. The summed E-state index contributed by atoms with van der Waals surface area (Å²) in [6.07, 6.45) is 8.18. The van der Waals surface area contributed by atoms with E-state index in [2.05, 4.69) is 198 Å².